The van der Waals surface area contributed by atoms with Crippen molar-refractivity contribution in [2.75, 3.05) is 25.6 Å². The zero-order chi connectivity index (χ0) is 18.5. The molecule has 26 heavy (non-hydrogen) atoms. The molecular weight excluding hydrogens is 395 g/mol. The van der Waals surface area contributed by atoms with E-state index in [0.29, 0.717) is 28.9 Å². The second-order valence-electron chi connectivity index (χ2n) is 6.01. The van der Waals surface area contributed by atoms with Crippen molar-refractivity contribution >= 4 is 46.4 Å². The summed E-state index contributed by atoms with van der Waals surface area (Å²) < 4.78 is 5.19. The fourth-order valence-corrected chi connectivity index (χ4v) is 4.19. The van der Waals surface area contributed by atoms with Crippen LogP contribution in [0.1, 0.15) is 23.4 Å². The van der Waals surface area contributed by atoms with Crippen molar-refractivity contribution in [2.24, 2.45) is 0 Å². The average Bonchev–Trinajstić information content (AvgIpc) is 3.21. The number of amides is 2. The third-order valence-corrected chi connectivity index (χ3v) is 5.72. The summed E-state index contributed by atoms with van der Waals surface area (Å²) in [6.45, 7) is 1.41. The maximum Gasteiger partial charge on any atom is 0.334 e. The number of carbonyl (C=O) groups excluding carboxylic acids is 1. The summed E-state index contributed by atoms with van der Waals surface area (Å²) in [4.78, 5) is 16.7. The van der Waals surface area contributed by atoms with Crippen LogP contribution in [0.3, 0.4) is 0 Å². The molecule has 9 heteroatoms. The van der Waals surface area contributed by atoms with E-state index in [-0.39, 0.29) is 12.1 Å². The Morgan fingerprint density at radius 1 is 1.42 bits per heavy atom. The minimum absolute atomic E-state index is 0.208. The molecule has 0 bridgehead atoms. The van der Waals surface area contributed by atoms with Crippen molar-refractivity contribution < 1.29 is 9.53 Å². The van der Waals surface area contributed by atoms with Crippen LogP contribution in [0.25, 0.3) is 0 Å². The van der Waals surface area contributed by atoms with E-state index in [1.165, 1.54) is 11.3 Å². The number of ether oxygens (including phenoxy) is 1. The molecule has 0 spiro atoms. The van der Waals surface area contributed by atoms with Gasteiger partial charge in [0.25, 0.3) is 0 Å². The van der Waals surface area contributed by atoms with Crippen LogP contribution in [0, 0.1) is 0 Å². The van der Waals surface area contributed by atoms with Crippen LogP contribution in [0.2, 0.25) is 10.0 Å². The first-order chi connectivity index (χ1) is 12.6. The van der Waals surface area contributed by atoms with Crippen LogP contribution in [0.15, 0.2) is 23.6 Å². The van der Waals surface area contributed by atoms with E-state index < -0.39 is 0 Å². The monoisotopic (exact) mass is 414 g/mol. The number of hydrogen-bond donors (Lipinski definition) is 2. The molecule has 2 aromatic rings. The van der Waals surface area contributed by atoms with Gasteiger partial charge in [0.2, 0.25) is 0 Å². The fourth-order valence-electron chi connectivity index (χ4n) is 2.93. The molecule has 0 radical (unpaired) electrons. The summed E-state index contributed by atoms with van der Waals surface area (Å²) in [5, 5.41) is 8.53. The molecule has 1 saturated heterocycles. The third kappa shape index (κ3) is 4.86. The number of anilines is 1. The van der Waals surface area contributed by atoms with Crippen LogP contribution >= 0.6 is 34.5 Å². The van der Waals surface area contributed by atoms with Gasteiger partial charge in [-0.1, -0.05) is 29.3 Å². The number of urea groups is 1. The predicted octanol–water partition coefficient (Wildman–Crippen LogP) is 4.19. The van der Waals surface area contributed by atoms with Gasteiger partial charge in [-0.05, 0) is 30.5 Å². The van der Waals surface area contributed by atoms with E-state index in [1.807, 2.05) is 11.1 Å². The molecule has 1 aliphatic heterocycles. The molecule has 140 valence electrons. The zero-order valence-electron chi connectivity index (χ0n) is 14.3. The number of halogens is 2. The summed E-state index contributed by atoms with van der Waals surface area (Å²) in [5.41, 5.74) is 3.70. The molecule has 2 N–H and O–H groups in total. The van der Waals surface area contributed by atoms with Gasteiger partial charge in [-0.3, -0.25) is 10.7 Å². The Morgan fingerprint density at radius 3 is 2.92 bits per heavy atom. The maximum absolute atomic E-state index is 12.2. The van der Waals surface area contributed by atoms with E-state index in [9.17, 15) is 4.79 Å². The Bertz CT molecular complexity index is 751. The number of nitrogens with one attached hydrogen (secondary N) is 2. The lowest BCUT2D eigenvalue weighted by Crippen LogP contribution is -2.48. The number of benzene rings is 1. The second-order valence-corrected chi connectivity index (χ2v) is 7.77. The number of aromatic nitrogens is 1. The summed E-state index contributed by atoms with van der Waals surface area (Å²) in [5.74, 6) is 0.508. The van der Waals surface area contributed by atoms with E-state index in [4.69, 9.17) is 27.9 Å². The Hall–Kier alpha value is -1.38. The van der Waals surface area contributed by atoms with Crippen LogP contribution in [0.4, 0.5) is 10.6 Å². The highest BCUT2D eigenvalue weighted by molar-refractivity contribution is 7.10. The summed E-state index contributed by atoms with van der Waals surface area (Å²) >= 11 is 13.9. The number of nitrogens with zero attached hydrogens (tertiary/aromatic N) is 2. The third-order valence-electron chi connectivity index (χ3n) is 4.16. The Kier molecular flexibility index (Phi) is 6.72. The number of methoxy groups -OCH3 is 1. The van der Waals surface area contributed by atoms with Gasteiger partial charge in [-0.25, -0.2) is 14.8 Å². The molecule has 0 saturated carbocycles. The van der Waals surface area contributed by atoms with E-state index in [2.05, 4.69) is 15.7 Å². The molecule has 3 rings (SSSR count). The molecule has 2 amide bonds. The Labute approximate surface area is 166 Å². The van der Waals surface area contributed by atoms with Crippen molar-refractivity contribution in [3.05, 3.63) is 44.2 Å². The van der Waals surface area contributed by atoms with Gasteiger partial charge >= 0.3 is 6.03 Å². The number of rotatable bonds is 6. The summed E-state index contributed by atoms with van der Waals surface area (Å²) in [6.07, 6.45) is 2.57. The lowest BCUT2D eigenvalue weighted by atomic mass is 10.1. The molecule has 6 nitrogen and oxygen atoms in total. The highest BCUT2D eigenvalue weighted by Crippen LogP contribution is 2.28. The zero-order valence-corrected chi connectivity index (χ0v) is 16.6. The number of thiazole rings is 1. The fraction of sp³-hybridized carbons (Fsp3) is 0.412. The van der Waals surface area contributed by atoms with Gasteiger partial charge in [-0.15, -0.1) is 11.3 Å². The largest absolute Gasteiger partial charge is 0.383 e. The number of hydrogen-bond acceptors (Lipinski definition) is 5. The summed E-state index contributed by atoms with van der Waals surface area (Å²) in [6, 6.07) is 5.31. The summed E-state index contributed by atoms with van der Waals surface area (Å²) in [7, 11) is 1.67. The minimum Gasteiger partial charge on any atom is -0.383 e. The molecular formula is C17H20Cl2N4O2S. The second kappa shape index (κ2) is 9.01. The minimum atomic E-state index is -0.305. The highest BCUT2D eigenvalue weighted by Gasteiger charge is 2.25. The van der Waals surface area contributed by atoms with Gasteiger partial charge in [0, 0.05) is 35.5 Å². The molecule has 0 aliphatic carbocycles. The normalized spacial score (nSPS) is 17.4. The van der Waals surface area contributed by atoms with Crippen molar-refractivity contribution in [2.45, 2.75) is 25.3 Å². The van der Waals surface area contributed by atoms with Gasteiger partial charge < -0.3 is 4.74 Å². The standard InChI is InChI=1S/C17H20Cl2N4O2S/c1-25-9-11-4-3-7-23(11)22-17(24)21-15-10-26-16(20-15)8-12-13(18)5-2-6-14(12)19/h2,5-6,10-11H,3-4,7-9H2,1H3,(H2,21,22,24)/t11-/m1/s1. The van der Waals surface area contributed by atoms with Crippen LogP contribution in [-0.2, 0) is 11.2 Å². The maximum atomic E-state index is 12.2. The first-order valence-electron chi connectivity index (χ1n) is 8.27. The Balaban J connectivity index is 1.57. The average molecular weight is 415 g/mol. The van der Waals surface area contributed by atoms with E-state index in [0.717, 1.165) is 30.0 Å². The molecule has 1 aromatic heterocycles. The first kappa shape index (κ1) is 19.4. The molecule has 0 unspecified atom stereocenters. The molecule has 1 fully saturated rings. The lowest BCUT2D eigenvalue weighted by Gasteiger charge is -2.24. The van der Waals surface area contributed by atoms with Gasteiger partial charge in [0.05, 0.1) is 17.7 Å². The SMILES string of the molecule is COC[C@H]1CCCN1NC(=O)Nc1csc(Cc2c(Cl)cccc2Cl)n1. The molecule has 2 heterocycles. The lowest BCUT2D eigenvalue weighted by molar-refractivity contribution is 0.0930. The van der Waals surface area contributed by atoms with Crippen LogP contribution < -0.4 is 10.7 Å². The van der Waals surface area contributed by atoms with Gasteiger partial charge in [-0.2, -0.15) is 0 Å². The van der Waals surface area contributed by atoms with Crippen molar-refractivity contribution in [3.8, 4) is 0 Å². The van der Waals surface area contributed by atoms with Crippen molar-refractivity contribution in [3.63, 3.8) is 0 Å². The smallest absolute Gasteiger partial charge is 0.334 e. The first-order valence-corrected chi connectivity index (χ1v) is 9.91. The van der Waals surface area contributed by atoms with Crippen molar-refractivity contribution in [1.29, 1.82) is 0 Å². The van der Waals surface area contributed by atoms with Crippen LogP contribution in [0.5, 0.6) is 0 Å². The predicted molar refractivity (Wildman–Crippen MR) is 105 cm³/mol. The molecule has 1 atom stereocenters. The molecule has 1 aromatic carbocycles. The number of carbonyl (C=O) groups is 1. The van der Waals surface area contributed by atoms with Gasteiger partial charge in [0.15, 0.2) is 0 Å². The van der Waals surface area contributed by atoms with Gasteiger partial charge in [0.1, 0.15) is 5.82 Å². The van der Waals surface area contributed by atoms with Crippen molar-refractivity contribution in [1.82, 2.24) is 15.4 Å². The highest BCUT2D eigenvalue weighted by atomic mass is 35.5. The molecule has 1 aliphatic rings. The Morgan fingerprint density at radius 2 is 2.19 bits per heavy atom. The van der Waals surface area contributed by atoms with Crippen LogP contribution in [-0.4, -0.2) is 42.3 Å². The quantitative estimate of drug-likeness (QED) is 0.743. The topological polar surface area (TPSA) is 66.5 Å². The number of hydrazine groups is 1. The van der Waals surface area contributed by atoms with E-state index >= 15 is 0 Å². The van der Waals surface area contributed by atoms with E-state index in [1.54, 1.807) is 24.6 Å².